The minimum atomic E-state index is -3.23. The third-order valence-electron chi connectivity index (χ3n) is 9.38. The highest BCUT2D eigenvalue weighted by Crippen LogP contribution is 2.49. The van der Waals surface area contributed by atoms with E-state index in [1.165, 1.54) is 0 Å². The SMILES string of the molecule is CCCCCCC(C)(C)C[Si](CCCCCC)(Oc1c(F)c2c(F)c(F)c3c(F)cc(F)c4c(F)c(F)c(c1F)c2c34)C(C)C. The van der Waals surface area contributed by atoms with Gasteiger partial charge in [0.2, 0.25) is 0 Å². The highest BCUT2D eigenvalue weighted by Gasteiger charge is 2.46. The Hall–Kier alpha value is -2.62. The Morgan fingerprint density at radius 1 is 0.600 bits per heavy atom. The molecule has 0 fully saturated rings. The van der Waals surface area contributed by atoms with Gasteiger partial charge >= 0.3 is 0 Å². The number of unbranched alkanes of at least 4 members (excludes halogenated alkanes) is 6. The van der Waals surface area contributed by atoms with Crippen molar-refractivity contribution in [3.63, 3.8) is 0 Å². The number of hydrogen-bond acceptors (Lipinski definition) is 1. The molecule has 0 saturated heterocycles. The lowest BCUT2D eigenvalue weighted by Crippen LogP contribution is -2.48. The molecule has 4 rings (SSSR count). The van der Waals surface area contributed by atoms with Gasteiger partial charge < -0.3 is 4.43 Å². The van der Waals surface area contributed by atoms with Crippen LogP contribution in [0.2, 0.25) is 17.6 Å². The van der Waals surface area contributed by atoms with Gasteiger partial charge in [0.15, 0.2) is 40.7 Å². The van der Waals surface area contributed by atoms with Gasteiger partial charge in [0.25, 0.3) is 8.32 Å². The normalized spacial score (nSPS) is 14.0. The van der Waals surface area contributed by atoms with Crippen molar-refractivity contribution in [3.8, 4) is 5.75 Å². The molecule has 0 aliphatic heterocycles. The summed E-state index contributed by atoms with van der Waals surface area (Å²) >= 11 is 0. The summed E-state index contributed by atoms with van der Waals surface area (Å²) in [5.74, 6) is -15.4. The van der Waals surface area contributed by atoms with Gasteiger partial charge in [-0.1, -0.05) is 92.9 Å². The van der Waals surface area contributed by atoms with Crippen LogP contribution in [0.1, 0.15) is 99.3 Å². The molecule has 0 N–H and O–H groups in total. The minimum Gasteiger partial charge on any atom is -0.539 e. The van der Waals surface area contributed by atoms with Crippen LogP contribution in [0.25, 0.3) is 32.3 Å². The molecule has 0 radical (unpaired) electrons. The molecule has 1 unspecified atom stereocenters. The van der Waals surface area contributed by atoms with Crippen molar-refractivity contribution in [1.82, 2.24) is 0 Å². The summed E-state index contributed by atoms with van der Waals surface area (Å²) in [6.07, 6.45) is 8.39. The summed E-state index contributed by atoms with van der Waals surface area (Å²) in [4.78, 5) is 0. The van der Waals surface area contributed by atoms with Crippen LogP contribution in [0.15, 0.2) is 6.07 Å². The Morgan fingerprint density at radius 2 is 1.04 bits per heavy atom. The maximum absolute atomic E-state index is 16.4. The molecule has 0 amide bonds. The van der Waals surface area contributed by atoms with E-state index in [4.69, 9.17) is 4.43 Å². The Kier molecular flexibility index (Phi) is 10.7. The average molecular weight is 659 g/mol. The molecule has 0 bridgehead atoms. The summed E-state index contributed by atoms with van der Waals surface area (Å²) in [7, 11) is -3.23. The average Bonchev–Trinajstić information content (AvgIpc) is 2.96. The molecular weight excluding hydrogens is 616 g/mol. The van der Waals surface area contributed by atoms with Gasteiger partial charge in [-0.3, -0.25) is 0 Å². The fourth-order valence-corrected chi connectivity index (χ4v) is 11.7. The molecule has 0 spiro atoms. The third kappa shape index (κ3) is 6.37. The first kappa shape index (κ1) is 35.2. The van der Waals surface area contributed by atoms with Gasteiger partial charge in [-0.05, 0) is 29.5 Å². The van der Waals surface area contributed by atoms with Crippen LogP contribution in [-0.2, 0) is 0 Å². The van der Waals surface area contributed by atoms with Crippen molar-refractivity contribution in [2.24, 2.45) is 5.41 Å². The zero-order chi connectivity index (χ0) is 33.4. The van der Waals surface area contributed by atoms with Gasteiger partial charge in [0.1, 0.15) is 11.6 Å². The standard InChI is InChI=1S/C35H42F8OSi/c1-7-9-11-13-15-35(5,6)18-45(19(3)4,16-14-12-10-8-2)44-34-32(42)26-25-24-22(28(38)30(26)40)20(36)17-21(37)23(24)29(39)31(41)27(25)33(34)43/h17,19H,7-16,18H2,1-6H3. The van der Waals surface area contributed by atoms with Crippen LogP contribution in [0.3, 0.4) is 0 Å². The molecule has 0 aromatic heterocycles. The van der Waals surface area contributed by atoms with Crippen LogP contribution in [0.4, 0.5) is 35.1 Å². The second kappa shape index (κ2) is 13.6. The highest BCUT2D eigenvalue weighted by atomic mass is 28.4. The first-order valence-electron chi connectivity index (χ1n) is 16.0. The molecule has 1 atom stereocenters. The van der Waals surface area contributed by atoms with Gasteiger partial charge in [-0.2, -0.15) is 0 Å². The summed E-state index contributed by atoms with van der Waals surface area (Å²) in [5.41, 5.74) is -0.507. The van der Waals surface area contributed by atoms with Crippen LogP contribution in [0, 0.1) is 52.0 Å². The third-order valence-corrected chi connectivity index (χ3v) is 14.8. The highest BCUT2D eigenvalue weighted by molar-refractivity contribution is 6.76. The van der Waals surface area contributed by atoms with Crippen molar-refractivity contribution >= 4 is 40.6 Å². The second-order valence-corrected chi connectivity index (χ2v) is 17.9. The van der Waals surface area contributed by atoms with Crippen molar-refractivity contribution < 1.29 is 39.5 Å². The van der Waals surface area contributed by atoms with E-state index in [1.807, 2.05) is 13.8 Å². The quantitative estimate of drug-likeness (QED) is 0.0535. The largest absolute Gasteiger partial charge is 0.539 e. The van der Waals surface area contributed by atoms with Crippen molar-refractivity contribution in [2.45, 2.75) is 117 Å². The fourth-order valence-electron chi connectivity index (χ4n) is 6.93. The van der Waals surface area contributed by atoms with Crippen LogP contribution < -0.4 is 4.43 Å². The minimum absolute atomic E-state index is 0.0825. The maximum Gasteiger partial charge on any atom is 0.254 e. The first-order valence-corrected chi connectivity index (χ1v) is 18.4. The Labute approximate surface area is 260 Å². The molecule has 45 heavy (non-hydrogen) atoms. The predicted octanol–water partition coefficient (Wildman–Crippen LogP) is 13.0. The maximum atomic E-state index is 16.4. The molecule has 1 nitrogen and oxygen atoms in total. The Balaban J connectivity index is 2.00. The number of halogens is 8. The molecule has 248 valence electrons. The van der Waals surface area contributed by atoms with E-state index in [2.05, 4.69) is 27.7 Å². The fraction of sp³-hybridized carbons (Fsp3) is 0.543. The topological polar surface area (TPSA) is 9.23 Å². The second-order valence-electron chi connectivity index (χ2n) is 13.6. The van der Waals surface area contributed by atoms with Crippen LogP contribution >= 0.6 is 0 Å². The van der Waals surface area contributed by atoms with E-state index in [0.29, 0.717) is 18.5 Å². The lowest BCUT2D eigenvalue weighted by Gasteiger charge is -2.41. The molecule has 0 heterocycles. The van der Waals surface area contributed by atoms with Gasteiger partial charge in [0.05, 0.1) is 21.5 Å². The lowest BCUT2D eigenvalue weighted by atomic mass is 9.89. The molecule has 4 aromatic rings. The monoisotopic (exact) mass is 658 g/mol. The molecule has 0 aliphatic carbocycles. The predicted molar refractivity (Wildman–Crippen MR) is 168 cm³/mol. The van der Waals surface area contributed by atoms with Crippen molar-refractivity contribution in [1.29, 1.82) is 0 Å². The van der Waals surface area contributed by atoms with E-state index in [0.717, 1.165) is 51.4 Å². The first-order chi connectivity index (χ1) is 21.1. The summed E-state index contributed by atoms with van der Waals surface area (Å²) in [6.45, 7) is 12.1. The van der Waals surface area contributed by atoms with E-state index < -0.39 is 92.9 Å². The van der Waals surface area contributed by atoms with Crippen LogP contribution in [-0.4, -0.2) is 8.32 Å². The van der Waals surface area contributed by atoms with E-state index in [1.54, 1.807) is 0 Å². The zero-order valence-electron chi connectivity index (χ0n) is 26.9. The Bertz CT molecular complexity index is 1600. The molecule has 10 heteroatoms. The van der Waals surface area contributed by atoms with Crippen LogP contribution in [0.5, 0.6) is 5.75 Å². The smallest absolute Gasteiger partial charge is 0.254 e. The van der Waals surface area contributed by atoms with E-state index >= 15 is 26.3 Å². The van der Waals surface area contributed by atoms with Gasteiger partial charge in [-0.15, -0.1) is 0 Å². The lowest BCUT2D eigenvalue weighted by molar-refractivity contribution is 0.327. The number of rotatable bonds is 15. The summed E-state index contributed by atoms with van der Waals surface area (Å²) in [6, 6.07) is 1.06. The summed E-state index contributed by atoms with van der Waals surface area (Å²) in [5, 5.41) is -6.87. The zero-order valence-corrected chi connectivity index (χ0v) is 27.9. The summed E-state index contributed by atoms with van der Waals surface area (Å²) < 4.78 is 131. The molecule has 0 saturated carbocycles. The molecular formula is C35H42F8OSi. The number of benzene rings is 4. The van der Waals surface area contributed by atoms with E-state index in [9.17, 15) is 8.78 Å². The number of hydrogen-bond donors (Lipinski definition) is 0. The van der Waals surface area contributed by atoms with Crippen molar-refractivity contribution in [2.75, 3.05) is 0 Å². The molecule has 4 aromatic carbocycles. The Morgan fingerprint density at radius 3 is 1.51 bits per heavy atom. The van der Waals surface area contributed by atoms with E-state index in [-0.39, 0.29) is 17.0 Å². The molecule has 0 aliphatic rings. The van der Waals surface area contributed by atoms with Crippen molar-refractivity contribution in [3.05, 3.63) is 52.6 Å². The van der Waals surface area contributed by atoms with Gasteiger partial charge in [-0.25, -0.2) is 35.1 Å². The van der Waals surface area contributed by atoms with Gasteiger partial charge in [0, 0.05) is 16.8 Å².